The number of carbonyl (C=O) groups excluding carboxylic acids is 1. The van der Waals surface area contributed by atoms with Gasteiger partial charge in [0.1, 0.15) is 29.3 Å². The van der Waals surface area contributed by atoms with Gasteiger partial charge < -0.3 is 43.0 Å². The second-order valence-corrected chi connectivity index (χ2v) is 22.4. The Bertz CT molecular complexity index is 2930. The molecule has 2 saturated heterocycles. The summed E-state index contributed by atoms with van der Waals surface area (Å²) in [6.45, 7) is 7.11. The smallest absolute Gasteiger partial charge is 0.330 e. The number of nitrogens with zero attached hydrogens (tertiary/aromatic N) is 4. The van der Waals surface area contributed by atoms with E-state index in [1.807, 2.05) is 107 Å². The Balaban J connectivity index is 1.27. The van der Waals surface area contributed by atoms with E-state index >= 15 is 4.57 Å². The van der Waals surface area contributed by atoms with Crippen LogP contribution in [0.25, 0.3) is 0 Å². The topological polar surface area (TPSA) is 248 Å². The summed E-state index contributed by atoms with van der Waals surface area (Å²) in [7, 11) is 2.67. The first kappa shape index (κ1) is 54.3. The Labute approximate surface area is 422 Å². The van der Waals surface area contributed by atoms with E-state index in [0.29, 0.717) is 11.5 Å². The highest BCUT2D eigenvalue weighted by Crippen LogP contribution is 2.61. The summed E-state index contributed by atoms with van der Waals surface area (Å²) in [4.78, 5) is 70.3. The molecule has 3 aromatic carbocycles. The number of hydrogen-bond acceptors (Lipinski definition) is 14. The summed E-state index contributed by atoms with van der Waals surface area (Å²) < 4.78 is 63.3. The second kappa shape index (κ2) is 23.6. The number of aromatic amines is 2. The summed E-state index contributed by atoms with van der Waals surface area (Å²) >= 11 is 0. The largest absolute Gasteiger partial charge is 0.497 e. The molecule has 21 heteroatoms. The Morgan fingerprint density at radius 1 is 0.740 bits per heavy atom. The molecule has 20 nitrogen and oxygen atoms in total. The number of methoxy groups -OCH3 is 4. The van der Waals surface area contributed by atoms with Crippen molar-refractivity contribution in [1.29, 1.82) is 5.26 Å². The van der Waals surface area contributed by atoms with Gasteiger partial charge in [-0.2, -0.15) is 5.26 Å². The minimum absolute atomic E-state index is 0.00427. The van der Waals surface area contributed by atoms with Crippen LogP contribution < -0.4 is 37.3 Å². The molecule has 4 heterocycles. The molecule has 8 atom stereocenters. The van der Waals surface area contributed by atoms with E-state index in [4.69, 9.17) is 33.2 Å². The summed E-state index contributed by atoms with van der Waals surface area (Å²) in [6, 6.07) is 28.2. The number of rotatable bonds is 22. The average molecular weight is 1030 g/mol. The van der Waals surface area contributed by atoms with Crippen LogP contribution in [0.1, 0.15) is 69.7 Å². The van der Waals surface area contributed by atoms with Crippen molar-refractivity contribution >= 4 is 13.2 Å². The van der Waals surface area contributed by atoms with E-state index in [2.05, 4.69) is 21.4 Å². The normalized spacial score (nSPS) is 22.2. The van der Waals surface area contributed by atoms with Gasteiger partial charge in [0.05, 0.1) is 45.1 Å². The second-order valence-electron chi connectivity index (χ2n) is 18.5. The summed E-state index contributed by atoms with van der Waals surface area (Å²) in [5.74, 6) is -0.0447. The first-order chi connectivity index (χ1) is 35.0. The molecule has 1 amide bonds. The number of nitrogens with one attached hydrogen (secondary N) is 3. The van der Waals surface area contributed by atoms with Crippen LogP contribution in [0.5, 0.6) is 11.5 Å². The number of aromatic nitrogens is 4. The molecule has 73 heavy (non-hydrogen) atoms. The zero-order valence-corrected chi connectivity index (χ0v) is 43.1. The monoisotopic (exact) mass is 1030 g/mol. The highest BCUT2D eigenvalue weighted by Gasteiger charge is 2.55. The zero-order chi connectivity index (χ0) is 52.6. The van der Waals surface area contributed by atoms with Crippen LogP contribution in [0.2, 0.25) is 0 Å². The number of H-pyrrole nitrogens is 2. The van der Waals surface area contributed by atoms with Crippen LogP contribution in [0.3, 0.4) is 0 Å². The van der Waals surface area contributed by atoms with Gasteiger partial charge >= 0.3 is 11.4 Å². The van der Waals surface area contributed by atoms with Gasteiger partial charge in [-0.05, 0) is 41.0 Å². The molecule has 0 bridgehead atoms. The molecule has 2 aliphatic rings. The lowest BCUT2D eigenvalue weighted by Crippen LogP contribution is -2.52. The third-order valence-corrected chi connectivity index (χ3v) is 18.1. The van der Waals surface area contributed by atoms with Gasteiger partial charge in [0.15, 0.2) is 19.7 Å². The lowest BCUT2D eigenvalue weighted by Gasteiger charge is -2.43. The highest BCUT2D eigenvalue weighted by atomic mass is 31.2. The fourth-order valence-electron chi connectivity index (χ4n) is 10.3. The Hall–Kier alpha value is -6.43. The molecule has 2 fully saturated rings. The first-order valence-electron chi connectivity index (χ1n) is 24.0. The van der Waals surface area contributed by atoms with Crippen molar-refractivity contribution < 1.29 is 42.5 Å². The fraction of sp³-hybridized carbons (Fsp3) is 0.462. The van der Waals surface area contributed by atoms with Crippen molar-refractivity contribution in [2.24, 2.45) is 5.92 Å². The summed E-state index contributed by atoms with van der Waals surface area (Å²) in [6.07, 6.45) is -3.78. The standard InChI is InChI=1S/C52H64N7O13P/c1-32(2)73(65,33(3)4)59(26-12-25-53)45-40(71-49(47(45)69-8)58-28-24-43(61)56-51(58)64)30-54-44(62)29-39-41(72-48(46(39)68-7)57-27-23-42(60)55-50(57)63)31-70-52(34-13-10-9-11-14-34,35-15-19-37(66-5)20-16-35)36-17-21-38(67-6)22-18-36/h9-11,13-24,27-28,32-33,39-41,45-49H,12,26,29-31H2,1-8H3,(H,54,62)(H,55,60,63)(H,56,61,64)/t39-,40-,41-,45-,46-,47-,48-,49-/m1/s1. The average Bonchev–Trinajstić information content (AvgIpc) is 3.92. The van der Waals surface area contributed by atoms with Crippen molar-refractivity contribution in [3.05, 3.63) is 162 Å². The predicted octanol–water partition coefficient (Wildman–Crippen LogP) is 4.74. The predicted molar refractivity (Wildman–Crippen MR) is 270 cm³/mol. The number of amides is 1. The summed E-state index contributed by atoms with van der Waals surface area (Å²) in [5, 5.41) is 12.8. The number of ether oxygens (including phenoxy) is 7. The molecule has 0 radical (unpaired) electrons. The number of nitriles is 1. The molecule has 0 unspecified atom stereocenters. The maximum Gasteiger partial charge on any atom is 0.330 e. The van der Waals surface area contributed by atoms with Crippen LogP contribution in [0, 0.1) is 17.2 Å². The molecular formula is C52H64N7O13P. The maximum atomic E-state index is 15.3. The van der Waals surface area contributed by atoms with Gasteiger partial charge in [0.25, 0.3) is 11.1 Å². The van der Waals surface area contributed by atoms with Crippen LogP contribution >= 0.6 is 7.29 Å². The van der Waals surface area contributed by atoms with Crippen LogP contribution in [-0.4, -0.2) is 120 Å². The van der Waals surface area contributed by atoms with Crippen molar-refractivity contribution in [2.45, 2.75) is 100 Å². The molecular weight excluding hydrogens is 962 g/mol. The molecule has 0 spiro atoms. The molecule has 3 N–H and O–H groups in total. The molecule has 5 aromatic rings. The highest BCUT2D eigenvalue weighted by molar-refractivity contribution is 7.62. The van der Waals surface area contributed by atoms with Crippen molar-refractivity contribution in [2.75, 3.05) is 48.1 Å². The molecule has 2 aliphatic heterocycles. The van der Waals surface area contributed by atoms with E-state index < -0.39 is 90.1 Å². The molecule has 0 saturated carbocycles. The van der Waals surface area contributed by atoms with Crippen LogP contribution in [0.4, 0.5) is 0 Å². The third kappa shape index (κ3) is 11.1. The van der Waals surface area contributed by atoms with E-state index in [1.54, 1.807) is 18.9 Å². The lowest BCUT2D eigenvalue weighted by molar-refractivity contribution is -0.125. The Morgan fingerprint density at radius 3 is 1.70 bits per heavy atom. The van der Waals surface area contributed by atoms with Gasteiger partial charge in [-0.3, -0.25) is 33.5 Å². The quantitative estimate of drug-likeness (QED) is 0.0626. The fourth-order valence-corrected chi connectivity index (χ4v) is 13.8. The molecule has 2 aromatic heterocycles. The summed E-state index contributed by atoms with van der Waals surface area (Å²) in [5.41, 5.74) is -2.58. The van der Waals surface area contributed by atoms with Gasteiger partial charge in [-0.25, -0.2) is 14.3 Å². The van der Waals surface area contributed by atoms with Crippen molar-refractivity contribution in [1.82, 2.24) is 29.1 Å². The zero-order valence-electron chi connectivity index (χ0n) is 42.2. The van der Waals surface area contributed by atoms with E-state index in [9.17, 15) is 29.2 Å². The molecule has 0 aliphatic carbocycles. The minimum atomic E-state index is -3.36. The van der Waals surface area contributed by atoms with Crippen LogP contribution in [0.15, 0.2) is 123 Å². The van der Waals surface area contributed by atoms with Crippen molar-refractivity contribution in [3.63, 3.8) is 0 Å². The maximum absolute atomic E-state index is 15.3. The van der Waals surface area contributed by atoms with Crippen LogP contribution in [-0.2, 0) is 38.6 Å². The first-order valence-corrected chi connectivity index (χ1v) is 25.8. The number of carbonyl (C=O) groups is 1. The minimum Gasteiger partial charge on any atom is -0.497 e. The molecule has 390 valence electrons. The number of hydrogen-bond donors (Lipinski definition) is 3. The van der Waals surface area contributed by atoms with Gasteiger partial charge in [0, 0.05) is 81.9 Å². The Morgan fingerprint density at radius 2 is 1.23 bits per heavy atom. The van der Waals surface area contributed by atoms with Crippen molar-refractivity contribution in [3.8, 4) is 17.6 Å². The van der Waals surface area contributed by atoms with E-state index in [0.717, 1.165) is 16.7 Å². The lowest BCUT2D eigenvalue weighted by atomic mass is 9.79. The van der Waals surface area contributed by atoms with Gasteiger partial charge in [0.2, 0.25) is 5.91 Å². The number of benzene rings is 3. The van der Waals surface area contributed by atoms with Gasteiger partial charge in [-0.15, -0.1) is 0 Å². The molecule has 7 rings (SSSR count). The van der Waals surface area contributed by atoms with E-state index in [1.165, 1.54) is 47.9 Å². The van der Waals surface area contributed by atoms with E-state index in [-0.39, 0.29) is 43.9 Å². The third-order valence-electron chi connectivity index (χ3n) is 13.8. The van der Waals surface area contributed by atoms with Gasteiger partial charge in [-0.1, -0.05) is 82.3 Å². The SMILES string of the molecule is COc1ccc(C(OC[C@H]2O[C@@H](n3ccc(=O)[nH]c3=O)[C@H](OC)[C@@H]2CC(=O)NC[C@H]2O[C@@H](n3ccc(=O)[nH]c3=O)[C@H](OC)[C@@H]2N(CCC#N)P(=O)(C(C)C)C(C)C)(c2ccccc2)c2ccc(OC)cc2)cc1. The Kier molecular flexibility index (Phi) is 17.6.